The zero-order chi connectivity index (χ0) is 22.6. The summed E-state index contributed by atoms with van der Waals surface area (Å²) < 4.78 is 11.4. The second kappa shape index (κ2) is 9.70. The molecule has 0 fully saturated rings. The first-order chi connectivity index (χ1) is 15.5. The number of thioether (sulfide) groups is 1. The van der Waals surface area contributed by atoms with E-state index < -0.39 is 5.54 Å². The predicted molar refractivity (Wildman–Crippen MR) is 131 cm³/mol. The fourth-order valence-corrected chi connectivity index (χ4v) is 4.91. The van der Waals surface area contributed by atoms with E-state index in [-0.39, 0.29) is 5.97 Å². The third-order valence-electron chi connectivity index (χ3n) is 5.96. The molecule has 3 aromatic rings. The molecule has 1 aliphatic carbocycles. The monoisotopic (exact) mass is 447 g/mol. The number of carbonyl (C=O) groups is 1. The van der Waals surface area contributed by atoms with E-state index in [4.69, 9.17) is 9.47 Å². The van der Waals surface area contributed by atoms with Crippen molar-refractivity contribution < 1.29 is 14.3 Å². The summed E-state index contributed by atoms with van der Waals surface area (Å²) in [5.41, 5.74) is 4.92. The molecule has 0 spiro atoms. The fraction of sp³-hybridized carbons (Fsp3) is 0.296. The lowest BCUT2D eigenvalue weighted by Crippen LogP contribution is -2.48. The second-order valence-electron chi connectivity index (χ2n) is 8.27. The Kier molecular flexibility index (Phi) is 6.75. The maximum absolute atomic E-state index is 12.9. The van der Waals surface area contributed by atoms with Crippen LogP contribution in [0.4, 0.5) is 5.69 Å². The molecule has 32 heavy (non-hydrogen) atoms. The summed E-state index contributed by atoms with van der Waals surface area (Å²) in [6.45, 7) is 2.69. The number of aryl methyl sites for hydroxylation is 1. The van der Waals surface area contributed by atoms with E-state index >= 15 is 0 Å². The van der Waals surface area contributed by atoms with Gasteiger partial charge in [0.2, 0.25) is 0 Å². The van der Waals surface area contributed by atoms with Crippen LogP contribution in [0.3, 0.4) is 0 Å². The molecule has 0 unspecified atom stereocenters. The molecule has 1 N–H and O–H groups in total. The van der Waals surface area contributed by atoms with Crippen LogP contribution in [-0.4, -0.2) is 31.5 Å². The van der Waals surface area contributed by atoms with E-state index in [0.29, 0.717) is 19.4 Å². The molecule has 0 aromatic heterocycles. The van der Waals surface area contributed by atoms with Gasteiger partial charge < -0.3 is 14.8 Å². The lowest BCUT2D eigenvalue weighted by Gasteiger charge is -2.29. The van der Waals surface area contributed by atoms with Gasteiger partial charge in [0.05, 0.1) is 13.7 Å². The number of hydrogen-bond acceptors (Lipinski definition) is 5. The predicted octanol–water partition coefficient (Wildman–Crippen LogP) is 5.46. The van der Waals surface area contributed by atoms with Crippen LogP contribution in [0.5, 0.6) is 5.75 Å². The molecule has 4 nitrogen and oxygen atoms in total. The first-order valence-electron chi connectivity index (χ1n) is 10.8. The summed E-state index contributed by atoms with van der Waals surface area (Å²) in [6, 6.07) is 22.7. The van der Waals surface area contributed by atoms with Crippen molar-refractivity contribution in [3.63, 3.8) is 0 Å². The topological polar surface area (TPSA) is 47.6 Å². The third-order valence-corrected chi connectivity index (χ3v) is 6.73. The minimum atomic E-state index is -0.807. The Morgan fingerprint density at radius 3 is 2.44 bits per heavy atom. The van der Waals surface area contributed by atoms with Gasteiger partial charge in [-0.3, -0.25) is 0 Å². The Hall–Kier alpha value is -2.92. The molecule has 0 aliphatic heterocycles. The average Bonchev–Trinajstić information content (AvgIpc) is 3.18. The zero-order valence-corrected chi connectivity index (χ0v) is 19.6. The summed E-state index contributed by atoms with van der Waals surface area (Å²) in [5.74, 6) is 0.579. The van der Waals surface area contributed by atoms with Gasteiger partial charge in [-0.1, -0.05) is 54.1 Å². The SMILES string of the molecule is COC(=O)C1(Nc2ccc(SC)c(OCCc3cccc(C)c3)c2)Cc2ccccc2C1. The van der Waals surface area contributed by atoms with Crippen LogP contribution in [0.1, 0.15) is 22.3 Å². The van der Waals surface area contributed by atoms with Crippen molar-refractivity contribution in [1.29, 1.82) is 0 Å². The highest BCUT2D eigenvalue weighted by Crippen LogP contribution is 2.37. The second-order valence-corrected chi connectivity index (χ2v) is 9.12. The van der Waals surface area contributed by atoms with Crippen molar-refractivity contribution in [2.24, 2.45) is 0 Å². The highest BCUT2D eigenvalue weighted by molar-refractivity contribution is 7.98. The number of methoxy groups -OCH3 is 1. The first kappa shape index (κ1) is 22.3. The smallest absolute Gasteiger partial charge is 0.332 e. The average molecular weight is 448 g/mol. The standard InChI is InChI=1S/C27H29NO3S/c1-19-7-6-8-20(15-19)13-14-31-24-16-23(11-12-25(24)32-3)28-27(26(29)30-2)17-21-9-4-5-10-22(21)18-27/h4-12,15-16,28H,13-14,17-18H2,1-3H3. The van der Waals surface area contributed by atoms with E-state index in [9.17, 15) is 4.79 Å². The third kappa shape index (κ3) is 4.78. The highest BCUT2D eigenvalue weighted by Gasteiger charge is 2.45. The van der Waals surface area contributed by atoms with E-state index in [1.807, 2.05) is 36.6 Å². The molecule has 0 atom stereocenters. The van der Waals surface area contributed by atoms with Crippen LogP contribution in [0.25, 0.3) is 0 Å². The van der Waals surface area contributed by atoms with Crippen LogP contribution in [0.2, 0.25) is 0 Å². The van der Waals surface area contributed by atoms with Crippen LogP contribution < -0.4 is 10.1 Å². The highest BCUT2D eigenvalue weighted by atomic mass is 32.2. The number of esters is 1. The first-order valence-corrected chi connectivity index (χ1v) is 12.1. The van der Waals surface area contributed by atoms with Gasteiger partial charge in [-0.2, -0.15) is 0 Å². The van der Waals surface area contributed by atoms with Crippen molar-refractivity contribution in [2.75, 3.05) is 25.3 Å². The molecule has 0 saturated heterocycles. The van der Waals surface area contributed by atoms with Crippen LogP contribution >= 0.6 is 11.8 Å². The Bertz CT molecular complexity index is 1090. The van der Waals surface area contributed by atoms with Gasteiger partial charge >= 0.3 is 5.97 Å². The molecule has 0 radical (unpaired) electrons. The number of nitrogens with one attached hydrogen (secondary N) is 1. The van der Waals surface area contributed by atoms with Gasteiger partial charge in [0.15, 0.2) is 0 Å². The molecule has 0 bridgehead atoms. The Morgan fingerprint density at radius 2 is 1.78 bits per heavy atom. The largest absolute Gasteiger partial charge is 0.492 e. The maximum Gasteiger partial charge on any atom is 0.332 e. The quantitative estimate of drug-likeness (QED) is 0.367. The van der Waals surface area contributed by atoms with Gasteiger partial charge in [0, 0.05) is 35.9 Å². The molecule has 5 heteroatoms. The van der Waals surface area contributed by atoms with Gasteiger partial charge in [-0.15, -0.1) is 11.8 Å². The number of rotatable bonds is 8. The van der Waals surface area contributed by atoms with Crippen molar-refractivity contribution in [2.45, 2.75) is 36.6 Å². The molecule has 0 heterocycles. The number of ether oxygens (including phenoxy) is 2. The van der Waals surface area contributed by atoms with Crippen molar-refractivity contribution in [1.82, 2.24) is 0 Å². The number of fused-ring (bicyclic) bond motifs is 1. The maximum atomic E-state index is 12.9. The Morgan fingerprint density at radius 1 is 1.03 bits per heavy atom. The molecule has 4 rings (SSSR count). The van der Waals surface area contributed by atoms with Crippen LogP contribution in [0, 0.1) is 6.92 Å². The number of carbonyl (C=O) groups excluding carboxylic acids is 1. The molecule has 3 aromatic carbocycles. The van der Waals surface area contributed by atoms with Gasteiger partial charge in [0.1, 0.15) is 11.3 Å². The summed E-state index contributed by atoms with van der Waals surface area (Å²) >= 11 is 1.65. The normalized spacial score (nSPS) is 14.0. The number of benzene rings is 3. The Labute approximate surface area is 194 Å². The molecule has 0 amide bonds. The molecule has 1 aliphatic rings. The summed E-state index contributed by atoms with van der Waals surface area (Å²) in [4.78, 5) is 13.9. The number of anilines is 1. The fourth-order valence-electron chi connectivity index (χ4n) is 4.38. The molecule has 0 saturated carbocycles. The minimum Gasteiger partial charge on any atom is -0.492 e. The van der Waals surface area contributed by atoms with Crippen LogP contribution in [-0.2, 0) is 28.8 Å². The summed E-state index contributed by atoms with van der Waals surface area (Å²) in [6.07, 6.45) is 4.08. The summed E-state index contributed by atoms with van der Waals surface area (Å²) in [5, 5.41) is 3.50. The van der Waals surface area contributed by atoms with E-state index in [1.165, 1.54) is 29.4 Å². The molecule has 166 valence electrons. The van der Waals surface area contributed by atoms with E-state index in [1.54, 1.807) is 11.8 Å². The van der Waals surface area contributed by atoms with Gasteiger partial charge in [-0.25, -0.2) is 4.79 Å². The molecular weight excluding hydrogens is 418 g/mol. The lowest BCUT2D eigenvalue weighted by atomic mass is 9.95. The van der Waals surface area contributed by atoms with E-state index in [2.05, 4.69) is 48.6 Å². The number of hydrogen-bond donors (Lipinski definition) is 1. The summed E-state index contributed by atoms with van der Waals surface area (Å²) in [7, 11) is 1.45. The van der Waals surface area contributed by atoms with Gasteiger partial charge in [-0.05, 0) is 42.0 Å². The van der Waals surface area contributed by atoms with Crippen molar-refractivity contribution in [3.8, 4) is 5.75 Å². The van der Waals surface area contributed by atoms with Crippen molar-refractivity contribution >= 4 is 23.4 Å². The van der Waals surface area contributed by atoms with Crippen molar-refractivity contribution in [3.05, 3.63) is 89.0 Å². The Balaban J connectivity index is 1.52. The molecular formula is C27H29NO3S. The zero-order valence-electron chi connectivity index (χ0n) is 18.8. The van der Waals surface area contributed by atoms with E-state index in [0.717, 1.165) is 22.8 Å². The lowest BCUT2D eigenvalue weighted by molar-refractivity contribution is -0.145. The van der Waals surface area contributed by atoms with Gasteiger partial charge in [0.25, 0.3) is 0 Å². The van der Waals surface area contributed by atoms with Crippen LogP contribution in [0.15, 0.2) is 71.6 Å². The minimum absolute atomic E-state index is 0.246.